The summed E-state index contributed by atoms with van der Waals surface area (Å²) in [6, 6.07) is 5.60. The predicted molar refractivity (Wildman–Crippen MR) is 171 cm³/mol. The van der Waals surface area contributed by atoms with E-state index >= 15 is 0 Å². The largest absolute Gasteiger partial charge is 0.479 e. The highest BCUT2D eigenvalue weighted by Crippen LogP contribution is 2.56. The van der Waals surface area contributed by atoms with Gasteiger partial charge in [-0.3, -0.25) is 4.79 Å². The number of halogens is 1. The lowest BCUT2D eigenvalue weighted by Gasteiger charge is -2.48. The smallest absolute Gasteiger partial charge is 0.344 e. The Labute approximate surface area is 288 Å². The summed E-state index contributed by atoms with van der Waals surface area (Å²) in [6.07, 6.45) is -5.37. The Balaban J connectivity index is 2.01. The van der Waals surface area contributed by atoms with E-state index < -0.39 is 89.4 Å². The zero-order chi connectivity index (χ0) is 37.8. The van der Waals surface area contributed by atoms with Crippen LogP contribution in [-0.4, -0.2) is 96.8 Å². The zero-order valence-electron chi connectivity index (χ0n) is 28.5. The highest BCUT2D eigenvalue weighted by molar-refractivity contribution is 5.98. The molecule has 0 spiro atoms. The second kappa shape index (κ2) is 15.8. The third-order valence-corrected chi connectivity index (χ3v) is 9.36. The summed E-state index contributed by atoms with van der Waals surface area (Å²) in [4.78, 5) is 62.9. The molecule has 2 saturated heterocycles. The summed E-state index contributed by atoms with van der Waals surface area (Å²) >= 11 is 0. The number of carboxylic acids is 3. The van der Waals surface area contributed by atoms with Gasteiger partial charge in [0, 0.05) is 25.3 Å². The standard InChI is InChI=1S/C35H45FO14/c1-7-18(2)16-19(3)8-13-25(38)48-28-27(39)33(49-29(30(40)41)34(46,31(42)43)35(28,50-33)32(44)45)15-14-20(4)26(47-22(6)37)21(5)17-23-9-11-24(36)12-10-23/h8-13,18-19,21,26-29,39,46H,4,7,14-17H2,1-3,5-6H3,(H,40,41)(H,42,43)(H,44,45). The van der Waals surface area contributed by atoms with Crippen LogP contribution in [-0.2, 0) is 49.3 Å². The van der Waals surface area contributed by atoms with E-state index in [0.29, 0.717) is 17.9 Å². The SMILES string of the molecule is C=C(CCC12OC(C(=O)O)C(O)(C(=O)O)C(C(=O)O)(O1)C(OC(=O)C=CC(C)CC(C)CC)C2O)C(OC(C)=O)C(C)Cc1ccc(F)cc1. The number of benzene rings is 1. The van der Waals surface area contributed by atoms with Crippen LogP contribution in [0.25, 0.3) is 0 Å². The number of hydrogen-bond donors (Lipinski definition) is 5. The number of aliphatic hydroxyl groups is 2. The van der Waals surface area contributed by atoms with Crippen LogP contribution in [0.2, 0.25) is 0 Å². The van der Waals surface area contributed by atoms with Crippen molar-refractivity contribution >= 4 is 29.8 Å². The quantitative estimate of drug-likeness (QED) is 0.0892. The Bertz CT molecular complexity index is 1490. The summed E-state index contributed by atoms with van der Waals surface area (Å²) in [5.74, 6) is -12.1. The molecule has 10 atom stereocenters. The number of ether oxygens (including phenoxy) is 4. The van der Waals surface area contributed by atoms with Gasteiger partial charge >= 0.3 is 29.8 Å². The van der Waals surface area contributed by atoms with Gasteiger partial charge in [0.2, 0.25) is 23.1 Å². The number of aliphatic carboxylic acids is 3. The molecule has 0 aromatic heterocycles. The Morgan fingerprint density at radius 1 is 1.06 bits per heavy atom. The van der Waals surface area contributed by atoms with Crippen LogP contribution < -0.4 is 0 Å². The van der Waals surface area contributed by atoms with Crippen molar-refractivity contribution in [2.45, 2.75) is 108 Å². The second-order valence-electron chi connectivity index (χ2n) is 13.2. The molecule has 0 amide bonds. The molecule has 15 heteroatoms. The highest BCUT2D eigenvalue weighted by atomic mass is 19.1. The average molecular weight is 709 g/mol. The molecule has 50 heavy (non-hydrogen) atoms. The van der Waals surface area contributed by atoms with E-state index in [9.17, 15) is 53.9 Å². The second-order valence-corrected chi connectivity index (χ2v) is 13.2. The Kier molecular flexibility index (Phi) is 12.7. The Hall–Kier alpha value is -4.18. The van der Waals surface area contributed by atoms with Gasteiger partial charge in [-0.2, -0.15) is 0 Å². The van der Waals surface area contributed by atoms with Crippen LogP contribution >= 0.6 is 0 Å². The monoisotopic (exact) mass is 708 g/mol. The van der Waals surface area contributed by atoms with Crippen LogP contribution in [0.3, 0.4) is 0 Å². The maximum atomic E-state index is 13.5. The molecule has 1 aromatic rings. The van der Waals surface area contributed by atoms with Crippen LogP contribution in [0.15, 0.2) is 48.6 Å². The Morgan fingerprint density at radius 2 is 1.68 bits per heavy atom. The van der Waals surface area contributed by atoms with Gasteiger partial charge in [0.05, 0.1) is 0 Å². The van der Waals surface area contributed by atoms with Gasteiger partial charge in [0.1, 0.15) is 18.0 Å². The molecular weight excluding hydrogens is 663 g/mol. The maximum Gasteiger partial charge on any atom is 0.344 e. The van der Waals surface area contributed by atoms with E-state index in [2.05, 4.69) is 6.58 Å². The first-order valence-corrected chi connectivity index (χ1v) is 16.2. The molecule has 2 bridgehead atoms. The van der Waals surface area contributed by atoms with Crippen molar-refractivity contribution in [3.8, 4) is 0 Å². The summed E-state index contributed by atoms with van der Waals surface area (Å²) in [7, 11) is 0. The lowest BCUT2D eigenvalue weighted by atomic mass is 9.74. The van der Waals surface area contributed by atoms with Crippen molar-refractivity contribution < 1.29 is 72.8 Å². The van der Waals surface area contributed by atoms with E-state index in [1.807, 2.05) is 20.8 Å². The number of carboxylic acid groups (broad SMARTS) is 3. The van der Waals surface area contributed by atoms with E-state index in [1.54, 1.807) is 19.1 Å². The Morgan fingerprint density at radius 3 is 2.20 bits per heavy atom. The predicted octanol–water partition coefficient (Wildman–Crippen LogP) is 3.02. The van der Waals surface area contributed by atoms with Crippen molar-refractivity contribution in [2.75, 3.05) is 0 Å². The third kappa shape index (κ3) is 7.90. The van der Waals surface area contributed by atoms with Crippen molar-refractivity contribution in [1.29, 1.82) is 0 Å². The highest BCUT2D eigenvalue weighted by Gasteiger charge is 2.85. The molecule has 2 fully saturated rings. The van der Waals surface area contributed by atoms with Gasteiger partial charge in [0.25, 0.3) is 0 Å². The maximum absolute atomic E-state index is 13.5. The van der Waals surface area contributed by atoms with Crippen molar-refractivity contribution in [3.05, 3.63) is 60.0 Å². The fourth-order valence-electron chi connectivity index (χ4n) is 6.59. The summed E-state index contributed by atoms with van der Waals surface area (Å²) in [5, 5.41) is 53.5. The number of carbonyl (C=O) groups is 5. The summed E-state index contributed by atoms with van der Waals surface area (Å²) in [6.45, 7) is 12.7. The normalized spacial score (nSPS) is 29.8. The lowest BCUT2D eigenvalue weighted by molar-refractivity contribution is -0.374. The van der Waals surface area contributed by atoms with Gasteiger partial charge in [-0.05, 0) is 54.4 Å². The number of allylic oxidation sites excluding steroid dienone is 1. The molecule has 0 saturated carbocycles. The number of carbonyl (C=O) groups excluding carboxylic acids is 2. The van der Waals surface area contributed by atoms with E-state index in [4.69, 9.17) is 18.9 Å². The minimum Gasteiger partial charge on any atom is -0.479 e. The first-order valence-electron chi connectivity index (χ1n) is 16.2. The molecule has 2 aliphatic rings. The first-order chi connectivity index (χ1) is 23.2. The molecule has 1 aromatic carbocycles. The van der Waals surface area contributed by atoms with Gasteiger partial charge in [-0.25, -0.2) is 23.6 Å². The average Bonchev–Trinajstić information content (AvgIpc) is 3.25. The molecule has 5 N–H and O–H groups in total. The zero-order valence-corrected chi connectivity index (χ0v) is 28.5. The molecule has 2 aliphatic heterocycles. The number of hydrogen-bond acceptors (Lipinski definition) is 11. The van der Waals surface area contributed by atoms with Crippen molar-refractivity contribution in [1.82, 2.24) is 0 Å². The van der Waals surface area contributed by atoms with E-state index in [0.717, 1.165) is 19.4 Å². The van der Waals surface area contributed by atoms with Crippen LogP contribution in [0.1, 0.15) is 65.9 Å². The molecule has 2 heterocycles. The van der Waals surface area contributed by atoms with Gasteiger partial charge in [0.15, 0.2) is 6.10 Å². The molecule has 0 radical (unpaired) electrons. The van der Waals surface area contributed by atoms with E-state index in [1.165, 1.54) is 18.2 Å². The fourth-order valence-corrected chi connectivity index (χ4v) is 6.59. The minimum atomic E-state index is -3.93. The molecule has 14 nitrogen and oxygen atoms in total. The number of rotatable bonds is 17. The van der Waals surface area contributed by atoms with Crippen LogP contribution in [0.5, 0.6) is 0 Å². The number of fused-ring (bicyclic) bond motifs is 2. The third-order valence-electron chi connectivity index (χ3n) is 9.36. The number of esters is 2. The van der Waals surface area contributed by atoms with Gasteiger partial charge in [-0.15, -0.1) is 0 Å². The molecular formula is C35H45FO14. The minimum absolute atomic E-state index is 0.140. The lowest BCUT2D eigenvalue weighted by Crippen LogP contribution is -2.78. The van der Waals surface area contributed by atoms with Crippen LogP contribution in [0, 0.1) is 23.6 Å². The fraction of sp³-hybridized carbons (Fsp3) is 0.571. The van der Waals surface area contributed by atoms with E-state index in [-0.39, 0.29) is 24.3 Å². The van der Waals surface area contributed by atoms with Gasteiger partial charge in [-0.1, -0.05) is 58.9 Å². The molecule has 10 unspecified atom stereocenters. The summed E-state index contributed by atoms with van der Waals surface area (Å²) in [5.41, 5.74) is -6.64. The summed E-state index contributed by atoms with van der Waals surface area (Å²) < 4.78 is 35.4. The molecule has 0 aliphatic carbocycles. The van der Waals surface area contributed by atoms with Crippen molar-refractivity contribution in [2.24, 2.45) is 17.8 Å². The molecule has 3 rings (SSSR count). The van der Waals surface area contributed by atoms with Gasteiger partial charge < -0.3 is 44.5 Å². The molecule has 276 valence electrons. The number of aliphatic hydroxyl groups excluding tert-OH is 1. The first kappa shape index (κ1) is 40.3. The topological polar surface area (TPSA) is 223 Å². The van der Waals surface area contributed by atoms with Crippen molar-refractivity contribution in [3.63, 3.8) is 0 Å². The van der Waals surface area contributed by atoms with Crippen LogP contribution in [0.4, 0.5) is 4.39 Å².